The molecule has 2 aliphatic heterocycles. The van der Waals surface area contributed by atoms with Gasteiger partial charge in [0.2, 0.25) is 0 Å². The Balaban J connectivity index is 1.69. The number of halogens is 1. The topological polar surface area (TPSA) is 73.4 Å². The third kappa shape index (κ3) is 2.18. The standard InChI is InChI=1S/C12H17FN4O3/c1-12(7-20-8-12)15-3-2-11(10(13)6-15)16-5-9(4-14-16)17(18)19/h4-5,10-11H,2-3,6-8H2,1H3/t10-,11-/m0/s1. The number of nitro groups is 1. The van der Waals surface area contributed by atoms with Gasteiger partial charge in [-0.2, -0.15) is 5.10 Å². The van der Waals surface area contributed by atoms with Crippen LogP contribution < -0.4 is 0 Å². The number of alkyl halides is 1. The number of aromatic nitrogens is 2. The first-order valence-electron chi connectivity index (χ1n) is 6.65. The molecule has 110 valence electrons. The maximum atomic E-state index is 14.4. The molecule has 8 heteroatoms. The number of hydrogen-bond donors (Lipinski definition) is 0. The molecule has 0 spiro atoms. The largest absolute Gasteiger partial charge is 0.377 e. The van der Waals surface area contributed by atoms with Gasteiger partial charge in [0.25, 0.3) is 0 Å². The smallest absolute Gasteiger partial charge is 0.307 e. The number of hydrogen-bond acceptors (Lipinski definition) is 5. The summed E-state index contributed by atoms with van der Waals surface area (Å²) in [6.07, 6.45) is 1.98. The van der Waals surface area contributed by atoms with Crippen molar-refractivity contribution in [1.82, 2.24) is 14.7 Å². The van der Waals surface area contributed by atoms with Crippen molar-refractivity contribution in [1.29, 1.82) is 0 Å². The molecule has 1 aromatic heterocycles. The van der Waals surface area contributed by atoms with Crippen LogP contribution in [0.25, 0.3) is 0 Å². The molecule has 7 nitrogen and oxygen atoms in total. The minimum absolute atomic E-state index is 0.0641. The van der Waals surface area contributed by atoms with Crippen molar-refractivity contribution in [2.45, 2.75) is 31.1 Å². The van der Waals surface area contributed by atoms with Gasteiger partial charge in [0.05, 0.1) is 29.7 Å². The Bertz CT molecular complexity index is 517. The fourth-order valence-electron chi connectivity index (χ4n) is 2.86. The molecule has 2 atom stereocenters. The lowest BCUT2D eigenvalue weighted by molar-refractivity contribution is -0.385. The maximum absolute atomic E-state index is 14.4. The van der Waals surface area contributed by atoms with Crippen molar-refractivity contribution < 1.29 is 14.1 Å². The lowest BCUT2D eigenvalue weighted by Crippen LogP contribution is -2.63. The van der Waals surface area contributed by atoms with Crippen LogP contribution in [0.3, 0.4) is 0 Å². The van der Waals surface area contributed by atoms with Gasteiger partial charge in [-0.25, -0.2) is 4.39 Å². The second kappa shape index (κ2) is 4.78. The van der Waals surface area contributed by atoms with Gasteiger partial charge in [0.15, 0.2) is 0 Å². The van der Waals surface area contributed by atoms with Gasteiger partial charge in [0.1, 0.15) is 18.6 Å². The molecule has 2 saturated heterocycles. The molecule has 1 aromatic rings. The highest BCUT2D eigenvalue weighted by atomic mass is 19.1. The Morgan fingerprint density at radius 1 is 1.60 bits per heavy atom. The van der Waals surface area contributed by atoms with Crippen molar-refractivity contribution in [3.63, 3.8) is 0 Å². The predicted octanol–water partition coefficient (Wildman–Crippen LogP) is 1.17. The fourth-order valence-corrected chi connectivity index (χ4v) is 2.86. The highest BCUT2D eigenvalue weighted by Crippen LogP contribution is 2.33. The third-order valence-electron chi connectivity index (χ3n) is 4.24. The van der Waals surface area contributed by atoms with Gasteiger partial charge in [-0.3, -0.25) is 19.7 Å². The van der Waals surface area contributed by atoms with Gasteiger partial charge >= 0.3 is 5.69 Å². The molecule has 2 fully saturated rings. The monoisotopic (exact) mass is 284 g/mol. The predicted molar refractivity (Wildman–Crippen MR) is 68.2 cm³/mol. The quantitative estimate of drug-likeness (QED) is 0.615. The van der Waals surface area contributed by atoms with E-state index in [2.05, 4.69) is 16.9 Å². The van der Waals surface area contributed by atoms with Crippen LogP contribution in [0.2, 0.25) is 0 Å². The Morgan fingerprint density at radius 3 is 2.85 bits per heavy atom. The van der Waals surface area contributed by atoms with E-state index in [9.17, 15) is 14.5 Å². The van der Waals surface area contributed by atoms with E-state index in [4.69, 9.17) is 4.74 Å². The Kier molecular flexibility index (Phi) is 3.21. The van der Waals surface area contributed by atoms with E-state index in [-0.39, 0.29) is 11.2 Å². The lowest BCUT2D eigenvalue weighted by Gasteiger charge is -2.50. The fraction of sp³-hybridized carbons (Fsp3) is 0.750. The Hall–Kier alpha value is -1.54. The molecule has 3 rings (SSSR count). The van der Waals surface area contributed by atoms with Crippen LogP contribution in [0.15, 0.2) is 12.4 Å². The summed E-state index contributed by atoms with van der Waals surface area (Å²) in [4.78, 5) is 12.2. The van der Waals surface area contributed by atoms with Gasteiger partial charge in [-0.15, -0.1) is 0 Å². The molecule has 0 aliphatic carbocycles. The first-order valence-corrected chi connectivity index (χ1v) is 6.65. The Labute approximate surface area is 115 Å². The van der Waals surface area contributed by atoms with E-state index >= 15 is 0 Å². The summed E-state index contributed by atoms with van der Waals surface area (Å²) in [5.74, 6) is 0. The van der Waals surface area contributed by atoms with Crippen LogP contribution in [0.5, 0.6) is 0 Å². The molecule has 0 amide bonds. The van der Waals surface area contributed by atoms with Crippen LogP contribution in [0.1, 0.15) is 19.4 Å². The number of ether oxygens (including phenoxy) is 1. The second-order valence-electron chi connectivity index (χ2n) is 5.74. The molecule has 20 heavy (non-hydrogen) atoms. The zero-order chi connectivity index (χ0) is 14.3. The summed E-state index contributed by atoms with van der Waals surface area (Å²) >= 11 is 0. The average Bonchev–Trinajstić information content (AvgIpc) is 2.85. The molecule has 0 N–H and O–H groups in total. The van der Waals surface area contributed by atoms with Crippen molar-refractivity contribution in [2.75, 3.05) is 26.3 Å². The molecule has 0 saturated carbocycles. The number of rotatable bonds is 3. The van der Waals surface area contributed by atoms with Gasteiger partial charge in [-0.05, 0) is 13.3 Å². The van der Waals surface area contributed by atoms with Crippen LogP contribution in [-0.2, 0) is 4.74 Å². The first kappa shape index (κ1) is 13.4. The van der Waals surface area contributed by atoms with Gasteiger partial charge in [0, 0.05) is 13.1 Å². The van der Waals surface area contributed by atoms with Crippen LogP contribution in [0, 0.1) is 10.1 Å². The summed E-state index contributed by atoms with van der Waals surface area (Å²) in [5, 5.41) is 14.6. The van der Waals surface area contributed by atoms with Crippen molar-refractivity contribution in [3.05, 3.63) is 22.5 Å². The average molecular weight is 284 g/mol. The van der Waals surface area contributed by atoms with Crippen molar-refractivity contribution in [2.24, 2.45) is 0 Å². The number of likely N-dealkylation sites (tertiary alicyclic amines) is 1. The highest BCUT2D eigenvalue weighted by molar-refractivity contribution is 5.21. The molecular weight excluding hydrogens is 267 g/mol. The number of piperidine rings is 1. The SMILES string of the molecule is CC1(N2CC[C@H](n3cc([N+](=O)[O-])cn3)[C@@H](F)C2)COC1. The van der Waals surface area contributed by atoms with Crippen LogP contribution in [-0.4, -0.2) is 57.6 Å². The summed E-state index contributed by atoms with van der Waals surface area (Å²) in [6.45, 7) is 4.41. The molecule has 0 unspecified atom stereocenters. The molecule has 3 heterocycles. The minimum atomic E-state index is -1.08. The summed E-state index contributed by atoms with van der Waals surface area (Å²) in [7, 11) is 0. The van der Waals surface area contributed by atoms with Crippen LogP contribution in [0.4, 0.5) is 10.1 Å². The third-order valence-corrected chi connectivity index (χ3v) is 4.24. The lowest BCUT2D eigenvalue weighted by atomic mass is 9.92. The van der Waals surface area contributed by atoms with E-state index in [1.54, 1.807) is 0 Å². The molecular formula is C12H17FN4O3. The molecule has 0 aromatic carbocycles. The normalized spacial score (nSPS) is 29.9. The van der Waals surface area contributed by atoms with Gasteiger partial charge < -0.3 is 4.74 Å². The van der Waals surface area contributed by atoms with E-state index < -0.39 is 17.1 Å². The van der Waals surface area contributed by atoms with Crippen LogP contribution >= 0.6 is 0 Å². The summed E-state index contributed by atoms with van der Waals surface area (Å²) in [5.41, 5.74) is -0.162. The van der Waals surface area contributed by atoms with E-state index in [0.29, 0.717) is 26.2 Å². The first-order chi connectivity index (χ1) is 9.49. The summed E-state index contributed by atoms with van der Waals surface area (Å²) < 4.78 is 21.0. The zero-order valence-electron chi connectivity index (χ0n) is 11.2. The molecule has 0 bridgehead atoms. The molecule has 0 radical (unpaired) electrons. The molecule has 2 aliphatic rings. The van der Waals surface area contributed by atoms with Crippen molar-refractivity contribution >= 4 is 5.69 Å². The van der Waals surface area contributed by atoms with E-state index in [0.717, 1.165) is 6.54 Å². The zero-order valence-corrected chi connectivity index (χ0v) is 11.2. The number of nitrogens with zero attached hydrogens (tertiary/aromatic N) is 4. The summed E-state index contributed by atoms with van der Waals surface area (Å²) in [6, 6.07) is -0.426. The highest BCUT2D eigenvalue weighted by Gasteiger charge is 2.44. The van der Waals surface area contributed by atoms with Gasteiger partial charge in [-0.1, -0.05) is 0 Å². The second-order valence-corrected chi connectivity index (χ2v) is 5.74. The van der Waals surface area contributed by atoms with E-state index in [1.807, 2.05) is 0 Å². The Morgan fingerprint density at radius 2 is 2.35 bits per heavy atom. The minimum Gasteiger partial charge on any atom is -0.377 e. The van der Waals surface area contributed by atoms with E-state index in [1.165, 1.54) is 17.1 Å². The maximum Gasteiger partial charge on any atom is 0.307 e. The van der Waals surface area contributed by atoms with Crippen molar-refractivity contribution in [3.8, 4) is 0 Å².